The maximum atomic E-state index is 13.9. The minimum atomic E-state index is -0.436. The van der Waals surface area contributed by atoms with E-state index in [9.17, 15) is 14.5 Å². The second-order valence-corrected chi connectivity index (χ2v) is 7.10. The molecule has 0 saturated carbocycles. The molecule has 2 atom stereocenters. The van der Waals surface area contributed by atoms with Gasteiger partial charge in [0.2, 0.25) is 5.82 Å². The Balaban J connectivity index is 1.81. The van der Waals surface area contributed by atoms with Crippen molar-refractivity contribution in [3.8, 4) is 0 Å². The Kier molecular flexibility index (Phi) is 5.15. The van der Waals surface area contributed by atoms with Crippen LogP contribution in [-0.2, 0) is 7.05 Å². The lowest BCUT2D eigenvalue weighted by atomic mass is 9.93. The van der Waals surface area contributed by atoms with E-state index in [1.54, 1.807) is 20.0 Å². The Morgan fingerprint density at radius 2 is 2.19 bits per heavy atom. The van der Waals surface area contributed by atoms with Crippen molar-refractivity contribution in [3.63, 3.8) is 0 Å². The predicted octanol–water partition coefficient (Wildman–Crippen LogP) is 3.53. The van der Waals surface area contributed by atoms with Crippen LogP contribution in [0.3, 0.4) is 0 Å². The van der Waals surface area contributed by atoms with Crippen LogP contribution >= 0.6 is 11.6 Å². The van der Waals surface area contributed by atoms with Crippen LogP contribution in [0.25, 0.3) is 0 Å². The fourth-order valence-electron chi connectivity index (χ4n) is 3.75. The highest BCUT2D eigenvalue weighted by Crippen LogP contribution is 2.38. The van der Waals surface area contributed by atoms with Crippen LogP contribution < -0.4 is 5.32 Å². The van der Waals surface area contributed by atoms with Gasteiger partial charge in [0.05, 0.1) is 9.95 Å². The van der Waals surface area contributed by atoms with Crippen LogP contribution in [0.1, 0.15) is 23.7 Å². The zero-order valence-electron chi connectivity index (χ0n) is 14.9. The van der Waals surface area contributed by atoms with Crippen molar-refractivity contribution in [3.05, 3.63) is 50.4 Å². The number of hydrogen-bond acceptors (Lipinski definition) is 5. The van der Waals surface area contributed by atoms with Gasteiger partial charge in [0.25, 0.3) is 0 Å². The van der Waals surface area contributed by atoms with Crippen LogP contribution in [0, 0.1) is 28.8 Å². The maximum Gasteiger partial charge on any atom is 0.333 e. The van der Waals surface area contributed by atoms with Crippen molar-refractivity contribution in [1.29, 1.82) is 0 Å². The quantitative estimate of drug-likeness (QED) is 0.633. The third-order valence-electron chi connectivity index (χ3n) is 4.96. The number of aryl methyl sites for hydroxylation is 2. The highest BCUT2D eigenvalue weighted by molar-refractivity contribution is 6.30. The van der Waals surface area contributed by atoms with Crippen LogP contribution in [-0.4, -0.2) is 39.7 Å². The Morgan fingerprint density at radius 3 is 2.85 bits per heavy atom. The van der Waals surface area contributed by atoms with Gasteiger partial charge in [-0.1, -0.05) is 17.7 Å². The molecule has 1 aliphatic heterocycles. The van der Waals surface area contributed by atoms with Gasteiger partial charge in [0.15, 0.2) is 0 Å². The fourth-order valence-corrected chi connectivity index (χ4v) is 3.87. The summed E-state index contributed by atoms with van der Waals surface area (Å²) in [5.74, 6) is 0.132. The molecular formula is C17H21ClFN5O2. The SMILES string of the molecule is Cc1nn(C)c(NCC2CCN(C)C2c2ccc(Cl)c(F)c2)c1[N+](=O)[O-]. The molecule has 2 heterocycles. The molecule has 0 bridgehead atoms. The number of nitrogens with zero attached hydrogens (tertiary/aromatic N) is 4. The lowest BCUT2D eigenvalue weighted by Crippen LogP contribution is -2.25. The molecule has 1 fully saturated rings. The molecule has 0 amide bonds. The molecule has 2 aromatic rings. The average Bonchev–Trinajstić information content (AvgIpc) is 3.07. The van der Waals surface area contributed by atoms with Gasteiger partial charge in [-0.3, -0.25) is 15.0 Å². The van der Waals surface area contributed by atoms with Gasteiger partial charge < -0.3 is 5.32 Å². The smallest absolute Gasteiger partial charge is 0.333 e. The Hall–Kier alpha value is -2.19. The maximum absolute atomic E-state index is 13.9. The number of likely N-dealkylation sites (tertiary alicyclic amines) is 1. The predicted molar refractivity (Wildman–Crippen MR) is 98.0 cm³/mol. The first-order chi connectivity index (χ1) is 12.3. The number of rotatable bonds is 5. The van der Waals surface area contributed by atoms with E-state index >= 15 is 0 Å². The summed E-state index contributed by atoms with van der Waals surface area (Å²) >= 11 is 5.79. The molecule has 9 heteroatoms. The van der Waals surface area contributed by atoms with Gasteiger partial charge in [-0.2, -0.15) is 5.10 Å². The second kappa shape index (κ2) is 7.20. The van der Waals surface area contributed by atoms with Crippen molar-refractivity contribution in [1.82, 2.24) is 14.7 Å². The van der Waals surface area contributed by atoms with E-state index in [1.165, 1.54) is 10.7 Å². The Bertz CT molecular complexity index is 841. The first kappa shape index (κ1) is 18.6. The summed E-state index contributed by atoms with van der Waals surface area (Å²) in [5, 5.41) is 18.7. The highest BCUT2D eigenvalue weighted by atomic mass is 35.5. The lowest BCUT2D eigenvalue weighted by molar-refractivity contribution is -0.384. The van der Waals surface area contributed by atoms with Gasteiger partial charge >= 0.3 is 5.69 Å². The van der Waals surface area contributed by atoms with Crippen molar-refractivity contribution in [2.45, 2.75) is 19.4 Å². The molecule has 26 heavy (non-hydrogen) atoms. The van der Waals surface area contributed by atoms with Gasteiger partial charge in [0, 0.05) is 19.6 Å². The van der Waals surface area contributed by atoms with Crippen LogP contribution in [0.4, 0.5) is 15.9 Å². The average molecular weight is 382 g/mol. The molecule has 1 aromatic carbocycles. The Labute approximate surface area is 155 Å². The summed E-state index contributed by atoms with van der Waals surface area (Å²) in [6, 6.07) is 4.89. The minimum Gasteiger partial charge on any atom is -0.364 e. The molecule has 7 nitrogen and oxygen atoms in total. The van der Waals surface area contributed by atoms with E-state index in [-0.39, 0.29) is 22.7 Å². The van der Waals surface area contributed by atoms with Crippen LogP contribution in [0.5, 0.6) is 0 Å². The largest absolute Gasteiger partial charge is 0.364 e. The highest BCUT2D eigenvalue weighted by Gasteiger charge is 2.34. The standard InChI is InChI=1S/C17H21ClFN5O2/c1-10-15(24(25)26)17(23(3)21-10)20-9-12-6-7-22(2)16(12)11-4-5-13(18)14(19)8-11/h4-5,8,12,16,20H,6-7,9H2,1-3H3. The molecular weight excluding hydrogens is 361 g/mol. The molecule has 3 rings (SSSR count). The lowest BCUT2D eigenvalue weighted by Gasteiger charge is -2.26. The van der Waals surface area contributed by atoms with Crippen molar-refractivity contribution in [2.75, 3.05) is 25.5 Å². The van der Waals surface area contributed by atoms with E-state index in [1.807, 2.05) is 13.1 Å². The number of nitro groups is 1. The number of benzene rings is 1. The molecule has 1 aromatic heterocycles. The summed E-state index contributed by atoms with van der Waals surface area (Å²) in [5.41, 5.74) is 1.22. The molecule has 0 radical (unpaired) electrons. The third-order valence-corrected chi connectivity index (χ3v) is 5.27. The Morgan fingerprint density at radius 1 is 1.46 bits per heavy atom. The molecule has 1 N–H and O–H groups in total. The van der Waals surface area contributed by atoms with E-state index < -0.39 is 10.7 Å². The summed E-state index contributed by atoms with van der Waals surface area (Å²) < 4.78 is 15.4. The van der Waals surface area contributed by atoms with Gasteiger partial charge in [-0.15, -0.1) is 0 Å². The molecule has 1 aliphatic rings. The molecule has 0 spiro atoms. The summed E-state index contributed by atoms with van der Waals surface area (Å²) in [6.45, 7) is 3.01. The van der Waals surface area contributed by atoms with Crippen molar-refractivity contribution >= 4 is 23.1 Å². The first-order valence-electron chi connectivity index (χ1n) is 8.36. The van der Waals surface area contributed by atoms with Crippen molar-refractivity contribution in [2.24, 2.45) is 13.0 Å². The monoisotopic (exact) mass is 381 g/mol. The number of aromatic nitrogens is 2. The first-order valence-corrected chi connectivity index (χ1v) is 8.74. The number of anilines is 1. The van der Waals surface area contributed by atoms with Gasteiger partial charge in [-0.25, -0.2) is 9.07 Å². The van der Waals surface area contributed by atoms with E-state index in [4.69, 9.17) is 11.6 Å². The minimum absolute atomic E-state index is 0.00654. The molecule has 140 valence electrons. The van der Waals surface area contributed by atoms with Crippen molar-refractivity contribution < 1.29 is 9.31 Å². The van der Waals surface area contributed by atoms with Crippen LogP contribution in [0.15, 0.2) is 18.2 Å². The van der Waals surface area contributed by atoms with Gasteiger partial charge in [-0.05, 0) is 50.6 Å². The zero-order chi connectivity index (χ0) is 19.0. The summed E-state index contributed by atoms with van der Waals surface area (Å²) in [6.07, 6.45) is 0.906. The van der Waals surface area contributed by atoms with E-state index in [2.05, 4.69) is 15.3 Å². The molecule has 0 aliphatic carbocycles. The second-order valence-electron chi connectivity index (χ2n) is 6.69. The van der Waals surface area contributed by atoms with E-state index in [0.717, 1.165) is 18.5 Å². The van der Waals surface area contributed by atoms with Crippen LogP contribution in [0.2, 0.25) is 5.02 Å². The number of hydrogen-bond donors (Lipinski definition) is 1. The summed E-state index contributed by atoms with van der Waals surface area (Å²) in [4.78, 5) is 13.1. The van der Waals surface area contributed by atoms with E-state index in [0.29, 0.717) is 18.1 Å². The molecule has 2 unspecified atom stereocenters. The number of halogens is 2. The molecule has 1 saturated heterocycles. The summed E-state index contributed by atoms with van der Waals surface area (Å²) in [7, 11) is 3.67. The fraction of sp³-hybridized carbons (Fsp3) is 0.471. The normalized spacial score (nSPS) is 20.5. The van der Waals surface area contributed by atoms with Gasteiger partial charge in [0.1, 0.15) is 11.5 Å². The zero-order valence-corrected chi connectivity index (χ0v) is 15.6. The number of nitrogens with one attached hydrogen (secondary N) is 1. The topological polar surface area (TPSA) is 76.2 Å². The third kappa shape index (κ3) is 3.39.